The first-order valence-corrected chi connectivity index (χ1v) is 5.21. The monoisotopic (exact) mass is 242 g/mol. The molecule has 0 aliphatic rings. The van der Waals surface area contributed by atoms with E-state index in [1.807, 2.05) is 6.07 Å². The van der Waals surface area contributed by atoms with Crippen LogP contribution >= 0.6 is 0 Å². The van der Waals surface area contributed by atoms with Gasteiger partial charge in [-0.25, -0.2) is 0 Å². The van der Waals surface area contributed by atoms with E-state index < -0.39 is 17.9 Å². The fourth-order valence-corrected chi connectivity index (χ4v) is 1.26. The van der Waals surface area contributed by atoms with E-state index in [2.05, 4.69) is 0 Å². The van der Waals surface area contributed by atoms with Gasteiger partial charge in [-0.15, -0.1) is 0 Å². The lowest BCUT2D eigenvalue weighted by Gasteiger charge is -2.24. The highest BCUT2D eigenvalue weighted by Gasteiger charge is 2.21. The predicted octanol–water partition coefficient (Wildman–Crippen LogP) is -1.42. The van der Waals surface area contributed by atoms with E-state index in [-0.39, 0.29) is 19.4 Å². The molecule has 0 saturated carbocycles. The lowest BCUT2D eigenvalue weighted by molar-refractivity contribution is -0.135. The summed E-state index contributed by atoms with van der Waals surface area (Å²) >= 11 is 0. The predicted molar refractivity (Wildman–Crippen MR) is 60.5 cm³/mol. The number of carbonyl (C=O) groups excluding carboxylic acids is 2. The third-order valence-electron chi connectivity index (χ3n) is 2.11. The fourth-order valence-electron chi connectivity index (χ4n) is 1.26. The van der Waals surface area contributed by atoms with E-state index >= 15 is 0 Å². The van der Waals surface area contributed by atoms with Gasteiger partial charge in [0.25, 0.3) is 0 Å². The van der Waals surface area contributed by atoms with Gasteiger partial charge in [0.1, 0.15) is 0 Å². The summed E-state index contributed by atoms with van der Waals surface area (Å²) in [4.78, 5) is 23.9. The van der Waals surface area contributed by atoms with Crippen LogP contribution in [0.3, 0.4) is 0 Å². The van der Waals surface area contributed by atoms with Crippen molar-refractivity contribution < 1.29 is 14.3 Å². The highest BCUT2D eigenvalue weighted by molar-refractivity contribution is 5.87. The Bertz CT molecular complexity index is 300. The van der Waals surface area contributed by atoms with Gasteiger partial charge in [-0.2, -0.15) is 5.26 Å². The Morgan fingerprint density at radius 3 is 2.59 bits per heavy atom. The zero-order valence-electron chi connectivity index (χ0n) is 9.89. The van der Waals surface area contributed by atoms with Crippen LogP contribution in [0.15, 0.2) is 0 Å². The molecule has 0 aromatic heterocycles. The molecular formula is C10H18N4O3. The summed E-state index contributed by atoms with van der Waals surface area (Å²) in [5, 5.41) is 8.48. The number of amides is 2. The first-order chi connectivity index (χ1) is 8.02. The van der Waals surface area contributed by atoms with Crippen molar-refractivity contribution in [2.45, 2.75) is 18.9 Å². The average molecular weight is 242 g/mol. The Morgan fingerprint density at radius 1 is 1.47 bits per heavy atom. The molecule has 0 saturated heterocycles. The molecular weight excluding hydrogens is 224 g/mol. The molecule has 7 nitrogen and oxygen atoms in total. The summed E-state index contributed by atoms with van der Waals surface area (Å²) < 4.78 is 4.85. The number of hydrogen-bond acceptors (Lipinski definition) is 5. The second kappa shape index (κ2) is 8.50. The molecule has 17 heavy (non-hydrogen) atoms. The van der Waals surface area contributed by atoms with E-state index in [0.717, 1.165) is 0 Å². The highest BCUT2D eigenvalue weighted by Crippen LogP contribution is 1.99. The molecule has 0 aliphatic heterocycles. The second-order valence-corrected chi connectivity index (χ2v) is 3.50. The molecule has 96 valence electrons. The van der Waals surface area contributed by atoms with Crippen molar-refractivity contribution in [1.82, 2.24) is 4.90 Å². The molecule has 0 rings (SSSR count). The topological polar surface area (TPSA) is 122 Å². The number of methoxy groups -OCH3 is 1. The molecule has 0 aromatic rings. The minimum atomic E-state index is -0.956. The van der Waals surface area contributed by atoms with Gasteiger partial charge in [0.2, 0.25) is 11.8 Å². The zero-order chi connectivity index (χ0) is 13.3. The molecule has 0 spiro atoms. The van der Waals surface area contributed by atoms with E-state index in [1.54, 1.807) is 0 Å². The van der Waals surface area contributed by atoms with Gasteiger partial charge in [-0.1, -0.05) is 0 Å². The van der Waals surface area contributed by atoms with E-state index in [1.165, 1.54) is 12.0 Å². The maximum absolute atomic E-state index is 11.8. The van der Waals surface area contributed by atoms with Crippen LogP contribution in [0.4, 0.5) is 0 Å². The van der Waals surface area contributed by atoms with Crippen LogP contribution in [-0.4, -0.2) is 49.6 Å². The number of nitriles is 1. The molecule has 1 unspecified atom stereocenters. The highest BCUT2D eigenvalue weighted by atomic mass is 16.5. The number of primary amides is 1. The van der Waals surface area contributed by atoms with Gasteiger partial charge >= 0.3 is 0 Å². The largest absolute Gasteiger partial charge is 0.383 e. The van der Waals surface area contributed by atoms with Crippen LogP contribution in [0.5, 0.6) is 0 Å². The molecule has 2 amide bonds. The number of hydrogen-bond donors (Lipinski definition) is 2. The zero-order valence-corrected chi connectivity index (χ0v) is 9.89. The van der Waals surface area contributed by atoms with Crippen molar-refractivity contribution in [3.05, 3.63) is 0 Å². The normalized spacial score (nSPS) is 11.6. The van der Waals surface area contributed by atoms with Crippen LogP contribution in [-0.2, 0) is 14.3 Å². The molecule has 7 heteroatoms. The van der Waals surface area contributed by atoms with Crippen molar-refractivity contribution in [3.63, 3.8) is 0 Å². The Morgan fingerprint density at radius 2 is 2.12 bits per heavy atom. The van der Waals surface area contributed by atoms with Crippen molar-refractivity contribution in [1.29, 1.82) is 5.26 Å². The van der Waals surface area contributed by atoms with Gasteiger partial charge in [-0.05, 0) is 0 Å². The quantitative estimate of drug-likeness (QED) is 0.540. The van der Waals surface area contributed by atoms with Crippen LogP contribution < -0.4 is 11.5 Å². The second-order valence-electron chi connectivity index (χ2n) is 3.50. The summed E-state index contributed by atoms with van der Waals surface area (Å²) in [7, 11) is 1.51. The molecule has 0 fully saturated rings. The standard InChI is InChI=1S/C10H18N4O3/c1-17-6-5-14(4-2-3-11)10(16)8(12)7-9(13)15/h8H,2,4-7,12H2,1H3,(H2,13,15). The Hall–Kier alpha value is -1.65. The molecule has 0 aliphatic carbocycles. The number of nitrogens with zero attached hydrogens (tertiary/aromatic N) is 2. The Balaban J connectivity index is 4.39. The Labute approximate surface area is 100 Å². The lowest BCUT2D eigenvalue weighted by atomic mass is 10.2. The third-order valence-corrected chi connectivity index (χ3v) is 2.11. The molecule has 4 N–H and O–H groups in total. The number of nitrogens with two attached hydrogens (primary N) is 2. The Kier molecular flexibility index (Phi) is 7.67. The number of carbonyl (C=O) groups is 2. The summed E-state index contributed by atoms with van der Waals surface area (Å²) in [6, 6.07) is 0.987. The van der Waals surface area contributed by atoms with Crippen molar-refractivity contribution in [2.24, 2.45) is 11.5 Å². The summed E-state index contributed by atoms with van der Waals surface area (Å²) in [6.07, 6.45) is 0.00755. The van der Waals surface area contributed by atoms with Gasteiger partial charge in [0, 0.05) is 20.2 Å². The smallest absolute Gasteiger partial charge is 0.240 e. The SMILES string of the molecule is COCCN(CCC#N)C(=O)C(N)CC(N)=O. The van der Waals surface area contributed by atoms with Gasteiger partial charge in [0.15, 0.2) is 0 Å². The van der Waals surface area contributed by atoms with Crippen LogP contribution in [0.1, 0.15) is 12.8 Å². The van der Waals surface area contributed by atoms with Gasteiger partial charge in [0.05, 0.1) is 31.6 Å². The van der Waals surface area contributed by atoms with Gasteiger partial charge in [-0.3, -0.25) is 9.59 Å². The minimum absolute atomic E-state index is 0.200. The van der Waals surface area contributed by atoms with E-state index in [0.29, 0.717) is 13.2 Å². The van der Waals surface area contributed by atoms with Crippen molar-refractivity contribution in [3.8, 4) is 6.07 Å². The van der Waals surface area contributed by atoms with Crippen LogP contribution in [0.2, 0.25) is 0 Å². The van der Waals surface area contributed by atoms with Crippen LogP contribution in [0.25, 0.3) is 0 Å². The minimum Gasteiger partial charge on any atom is -0.383 e. The van der Waals surface area contributed by atoms with Crippen molar-refractivity contribution in [2.75, 3.05) is 26.8 Å². The molecule has 1 atom stereocenters. The number of rotatable bonds is 8. The number of ether oxygens (including phenoxy) is 1. The first kappa shape index (κ1) is 15.3. The van der Waals surface area contributed by atoms with Crippen LogP contribution in [0, 0.1) is 11.3 Å². The molecule has 0 heterocycles. The maximum atomic E-state index is 11.8. The third kappa shape index (κ3) is 6.50. The fraction of sp³-hybridized carbons (Fsp3) is 0.700. The maximum Gasteiger partial charge on any atom is 0.240 e. The van der Waals surface area contributed by atoms with E-state index in [9.17, 15) is 9.59 Å². The summed E-state index contributed by atoms with van der Waals surface area (Å²) in [6.45, 7) is 0.953. The average Bonchev–Trinajstić information content (AvgIpc) is 2.27. The van der Waals surface area contributed by atoms with E-state index in [4.69, 9.17) is 21.5 Å². The first-order valence-electron chi connectivity index (χ1n) is 5.21. The lowest BCUT2D eigenvalue weighted by Crippen LogP contribution is -2.47. The molecule has 0 bridgehead atoms. The summed E-state index contributed by atoms with van der Waals surface area (Å²) in [5.74, 6) is -1.02. The molecule has 0 radical (unpaired) electrons. The molecule has 0 aromatic carbocycles. The van der Waals surface area contributed by atoms with Gasteiger partial charge < -0.3 is 21.1 Å². The van der Waals surface area contributed by atoms with Crippen molar-refractivity contribution >= 4 is 11.8 Å². The summed E-state index contributed by atoms with van der Waals surface area (Å²) in [5.41, 5.74) is 10.5.